The summed E-state index contributed by atoms with van der Waals surface area (Å²) in [7, 11) is -3.73. The van der Waals surface area contributed by atoms with Crippen molar-refractivity contribution in [2.45, 2.75) is 37.8 Å². The van der Waals surface area contributed by atoms with Gasteiger partial charge in [0.2, 0.25) is 15.4 Å². The molecule has 1 amide bonds. The van der Waals surface area contributed by atoms with Gasteiger partial charge in [0.1, 0.15) is 0 Å². The van der Waals surface area contributed by atoms with E-state index in [4.69, 9.17) is 0 Å². The fourth-order valence-corrected chi connectivity index (χ4v) is 4.86. The van der Waals surface area contributed by atoms with Crippen molar-refractivity contribution in [2.75, 3.05) is 17.6 Å². The largest absolute Gasteiger partial charge is 0.300 e. The predicted molar refractivity (Wildman–Crippen MR) is 111 cm³/mol. The molecule has 1 aromatic carbocycles. The van der Waals surface area contributed by atoms with E-state index in [0.29, 0.717) is 12.3 Å². The number of carbonyl (C=O) groups is 1. The lowest BCUT2D eigenvalue weighted by atomic mass is 9.96. The van der Waals surface area contributed by atoms with Crippen molar-refractivity contribution in [3.8, 4) is 0 Å². The van der Waals surface area contributed by atoms with Gasteiger partial charge in [-0.2, -0.15) is 11.8 Å². The van der Waals surface area contributed by atoms with E-state index >= 15 is 0 Å². The standard InChI is InChI=1S/C17H24N4O3S3/c1-12-6-5-7-13(10-12)11-25-9-8-18-27(23,24)16-21-20-15(26-16)19-14(22)17(2,3)4/h5-7,10,18H,8-9,11H2,1-4H3,(H,19,20,22). The monoisotopic (exact) mass is 428 g/mol. The highest BCUT2D eigenvalue weighted by Crippen LogP contribution is 2.23. The number of rotatable bonds is 8. The lowest BCUT2D eigenvalue weighted by Crippen LogP contribution is -2.27. The molecule has 0 aliphatic heterocycles. The van der Waals surface area contributed by atoms with E-state index in [1.54, 1.807) is 32.5 Å². The van der Waals surface area contributed by atoms with E-state index < -0.39 is 15.4 Å². The molecule has 0 saturated heterocycles. The van der Waals surface area contributed by atoms with E-state index in [9.17, 15) is 13.2 Å². The van der Waals surface area contributed by atoms with E-state index in [-0.39, 0.29) is 15.4 Å². The number of sulfonamides is 1. The van der Waals surface area contributed by atoms with Crippen LogP contribution in [0.25, 0.3) is 0 Å². The molecule has 0 radical (unpaired) electrons. The van der Waals surface area contributed by atoms with Crippen LogP contribution in [0.3, 0.4) is 0 Å². The molecule has 2 N–H and O–H groups in total. The minimum Gasteiger partial charge on any atom is -0.300 e. The predicted octanol–water partition coefficient (Wildman–Crippen LogP) is 3.04. The van der Waals surface area contributed by atoms with Crippen molar-refractivity contribution < 1.29 is 13.2 Å². The van der Waals surface area contributed by atoms with Crippen LogP contribution in [0.5, 0.6) is 0 Å². The summed E-state index contributed by atoms with van der Waals surface area (Å²) in [5, 5.41) is 10.2. The maximum atomic E-state index is 12.3. The lowest BCUT2D eigenvalue weighted by molar-refractivity contribution is -0.123. The quantitative estimate of drug-likeness (QED) is 0.495. The number of amides is 1. The molecular formula is C17H24N4O3S3. The molecule has 0 saturated carbocycles. The third-order valence-corrected chi connectivity index (χ3v) is 7.13. The second-order valence-corrected chi connectivity index (χ2v) is 11.0. The average Bonchev–Trinajstić information content (AvgIpc) is 3.03. The van der Waals surface area contributed by atoms with Crippen LogP contribution < -0.4 is 10.0 Å². The number of aryl methyl sites for hydroxylation is 1. The Morgan fingerprint density at radius 3 is 2.67 bits per heavy atom. The second kappa shape index (κ2) is 9.13. The number of anilines is 1. The van der Waals surface area contributed by atoms with Crippen molar-refractivity contribution in [1.82, 2.24) is 14.9 Å². The number of nitrogens with zero attached hydrogens (tertiary/aromatic N) is 2. The number of benzene rings is 1. The molecule has 148 valence electrons. The molecule has 1 aromatic heterocycles. The minimum atomic E-state index is -3.73. The highest BCUT2D eigenvalue weighted by molar-refractivity contribution is 7.98. The third-order valence-electron chi connectivity index (χ3n) is 3.43. The molecule has 2 aromatic rings. The van der Waals surface area contributed by atoms with Crippen molar-refractivity contribution in [2.24, 2.45) is 5.41 Å². The molecule has 0 unspecified atom stereocenters. The zero-order valence-corrected chi connectivity index (χ0v) is 18.2. The van der Waals surface area contributed by atoms with Crippen molar-refractivity contribution in [3.63, 3.8) is 0 Å². The molecule has 0 fully saturated rings. The first-order valence-electron chi connectivity index (χ1n) is 8.36. The Labute approximate surface area is 168 Å². The van der Waals surface area contributed by atoms with Gasteiger partial charge in [0.05, 0.1) is 0 Å². The van der Waals surface area contributed by atoms with Crippen LogP contribution in [0.4, 0.5) is 5.13 Å². The van der Waals surface area contributed by atoms with E-state index in [2.05, 4.69) is 32.4 Å². The first-order valence-corrected chi connectivity index (χ1v) is 11.8. The molecule has 0 bridgehead atoms. The molecule has 10 heteroatoms. The molecule has 0 aliphatic rings. The highest BCUT2D eigenvalue weighted by Gasteiger charge is 2.24. The van der Waals surface area contributed by atoms with E-state index in [0.717, 1.165) is 17.1 Å². The number of hydrogen-bond donors (Lipinski definition) is 2. The van der Waals surface area contributed by atoms with Gasteiger partial charge in [0.15, 0.2) is 0 Å². The Hall–Kier alpha value is -1.49. The summed E-state index contributed by atoms with van der Waals surface area (Å²) in [5.74, 6) is 1.22. The van der Waals surface area contributed by atoms with Crippen LogP contribution in [-0.2, 0) is 20.6 Å². The number of thioether (sulfide) groups is 1. The molecule has 0 aliphatic carbocycles. The molecule has 1 heterocycles. The van der Waals surface area contributed by atoms with Crippen LogP contribution in [-0.4, -0.2) is 36.8 Å². The van der Waals surface area contributed by atoms with Gasteiger partial charge in [0.25, 0.3) is 10.0 Å². The average molecular weight is 429 g/mol. The van der Waals surface area contributed by atoms with E-state index in [1.165, 1.54) is 11.1 Å². The molecule has 27 heavy (non-hydrogen) atoms. The fourth-order valence-electron chi connectivity index (χ4n) is 1.96. The minimum absolute atomic E-state index is 0.157. The van der Waals surface area contributed by atoms with Crippen molar-refractivity contribution in [3.05, 3.63) is 35.4 Å². The molecule has 0 atom stereocenters. The normalized spacial score (nSPS) is 12.1. The smallest absolute Gasteiger partial charge is 0.269 e. The van der Waals surface area contributed by atoms with Crippen molar-refractivity contribution in [1.29, 1.82) is 0 Å². The lowest BCUT2D eigenvalue weighted by Gasteiger charge is -2.15. The summed E-state index contributed by atoms with van der Waals surface area (Å²) in [5.41, 5.74) is 1.82. The topological polar surface area (TPSA) is 101 Å². The van der Waals surface area contributed by atoms with Crippen molar-refractivity contribution >= 4 is 44.2 Å². The maximum absolute atomic E-state index is 12.3. The van der Waals surface area contributed by atoms with Crippen LogP contribution in [0, 0.1) is 12.3 Å². The molecule has 0 spiro atoms. The summed E-state index contributed by atoms with van der Waals surface area (Å²) in [6.07, 6.45) is 0. The number of aromatic nitrogens is 2. The summed E-state index contributed by atoms with van der Waals surface area (Å²) >= 11 is 2.49. The van der Waals surface area contributed by atoms with Gasteiger partial charge < -0.3 is 5.32 Å². The Bertz CT molecular complexity index is 889. The Balaban J connectivity index is 1.81. The van der Waals surface area contributed by atoms with Crippen LogP contribution in [0.2, 0.25) is 0 Å². The Morgan fingerprint density at radius 1 is 1.26 bits per heavy atom. The number of nitrogens with one attached hydrogen (secondary N) is 2. The first kappa shape index (κ1) is 21.8. The van der Waals surface area contributed by atoms with Gasteiger partial charge in [0, 0.05) is 23.5 Å². The zero-order chi connectivity index (χ0) is 20.1. The van der Waals surface area contributed by atoms with Gasteiger partial charge >= 0.3 is 0 Å². The van der Waals surface area contributed by atoms with Gasteiger partial charge in [-0.1, -0.05) is 61.9 Å². The zero-order valence-electron chi connectivity index (χ0n) is 15.8. The van der Waals surface area contributed by atoms with Crippen LogP contribution in [0.1, 0.15) is 31.9 Å². The maximum Gasteiger partial charge on any atom is 0.269 e. The van der Waals surface area contributed by atoms with Gasteiger partial charge in [-0.3, -0.25) is 4.79 Å². The summed E-state index contributed by atoms with van der Waals surface area (Å²) in [6, 6.07) is 8.23. The van der Waals surface area contributed by atoms with Crippen LogP contribution >= 0.6 is 23.1 Å². The molecule has 7 nitrogen and oxygen atoms in total. The second-order valence-electron chi connectivity index (χ2n) is 7.02. The van der Waals surface area contributed by atoms with Gasteiger partial charge in [-0.25, -0.2) is 13.1 Å². The first-order chi connectivity index (χ1) is 12.6. The summed E-state index contributed by atoms with van der Waals surface area (Å²) in [4.78, 5) is 11.9. The number of hydrogen-bond acceptors (Lipinski definition) is 7. The highest BCUT2D eigenvalue weighted by atomic mass is 32.2. The van der Waals surface area contributed by atoms with E-state index in [1.807, 2.05) is 19.1 Å². The Morgan fingerprint density at radius 2 is 2.00 bits per heavy atom. The summed E-state index contributed by atoms with van der Waals surface area (Å²) < 4.78 is 26.9. The Kier molecular flexibility index (Phi) is 7.38. The van der Waals surface area contributed by atoms with Gasteiger partial charge in [-0.15, -0.1) is 10.2 Å². The summed E-state index contributed by atoms with van der Waals surface area (Å²) in [6.45, 7) is 7.62. The third kappa shape index (κ3) is 6.87. The SMILES string of the molecule is Cc1cccc(CSCCNS(=O)(=O)c2nnc(NC(=O)C(C)(C)C)s2)c1. The molecular weight excluding hydrogens is 404 g/mol. The van der Waals surface area contributed by atoms with Crippen LogP contribution in [0.15, 0.2) is 28.6 Å². The number of carbonyl (C=O) groups excluding carboxylic acids is 1. The van der Waals surface area contributed by atoms with Gasteiger partial charge in [-0.05, 0) is 12.5 Å². The fraction of sp³-hybridized carbons (Fsp3) is 0.471. The molecule has 2 rings (SSSR count).